The molecule has 0 saturated heterocycles. The summed E-state index contributed by atoms with van der Waals surface area (Å²) in [4.78, 5) is 2.35. The summed E-state index contributed by atoms with van der Waals surface area (Å²) < 4.78 is 10.8. The smallest absolute Gasteiger partial charge is 0.129 e. The first-order valence-corrected chi connectivity index (χ1v) is 7.88. The third-order valence-electron chi connectivity index (χ3n) is 4.24. The highest BCUT2D eigenvalue weighted by Crippen LogP contribution is 2.32. The van der Waals surface area contributed by atoms with Crippen molar-refractivity contribution in [3.05, 3.63) is 53.5 Å². The van der Waals surface area contributed by atoms with Gasteiger partial charge in [0.2, 0.25) is 0 Å². The largest absolute Gasteiger partial charge is 0.462 e. The normalized spacial score (nSPS) is 18.1. The van der Waals surface area contributed by atoms with E-state index in [1.165, 1.54) is 17.7 Å². The minimum atomic E-state index is 0.372. The van der Waals surface area contributed by atoms with E-state index in [9.17, 15) is 0 Å². The van der Waals surface area contributed by atoms with E-state index in [1.807, 2.05) is 12.1 Å². The number of ether oxygens (including phenoxy) is 1. The molecule has 1 aliphatic rings. The van der Waals surface area contributed by atoms with Gasteiger partial charge in [-0.05, 0) is 36.6 Å². The molecule has 118 valence electrons. The first-order valence-electron chi connectivity index (χ1n) is 7.88. The number of hydrogen-bond acceptors (Lipinski definition) is 4. The van der Waals surface area contributed by atoms with Gasteiger partial charge in [-0.3, -0.25) is 0 Å². The maximum atomic E-state index is 5.76. The number of furan rings is 1. The molecule has 1 aromatic heterocycles. The van der Waals surface area contributed by atoms with Crippen LogP contribution >= 0.6 is 0 Å². The highest BCUT2D eigenvalue weighted by atomic mass is 16.5. The molecule has 0 bridgehead atoms. The van der Waals surface area contributed by atoms with E-state index >= 15 is 0 Å². The Balaban J connectivity index is 1.70. The van der Waals surface area contributed by atoms with Gasteiger partial charge in [0.05, 0.1) is 6.54 Å². The van der Waals surface area contributed by atoms with Gasteiger partial charge in [0.25, 0.3) is 0 Å². The van der Waals surface area contributed by atoms with Gasteiger partial charge in [0.15, 0.2) is 0 Å². The summed E-state index contributed by atoms with van der Waals surface area (Å²) >= 11 is 0. The van der Waals surface area contributed by atoms with Crippen LogP contribution in [0.5, 0.6) is 0 Å². The van der Waals surface area contributed by atoms with Gasteiger partial charge in [-0.15, -0.1) is 0 Å². The molecule has 22 heavy (non-hydrogen) atoms. The third kappa shape index (κ3) is 3.34. The molecule has 0 radical (unpaired) electrons. The number of benzene rings is 1. The molecular weight excluding hydrogens is 276 g/mol. The molecule has 0 saturated carbocycles. The van der Waals surface area contributed by atoms with Crippen molar-refractivity contribution in [2.75, 3.05) is 25.6 Å². The molecule has 4 nitrogen and oxygen atoms in total. The molecule has 2 aromatic rings. The molecule has 0 spiro atoms. The van der Waals surface area contributed by atoms with Crippen LogP contribution in [0.3, 0.4) is 0 Å². The van der Waals surface area contributed by atoms with Crippen LogP contribution in [0, 0.1) is 0 Å². The predicted octanol–water partition coefficient (Wildman–Crippen LogP) is 3.49. The van der Waals surface area contributed by atoms with E-state index in [4.69, 9.17) is 9.15 Å². The molecule has 4 heteroatoms. The summed E-state index contributed by atoms with van der Waals surface area (Å²) in [6, 6.07) is 13.0. The van der Waals surface area contributed by atoms with Crippen molar-refractivity contribution in [1.29, 1.82) is 0 Å². The van der Waals surface area contributed by atoms with Gasteiger partial charge >= 0.3 is 0 Å². The second-order valence-corrected chi connectivity index (χ2v) is 5.86. The molecular formula is C18H24N2O2. The number of para-hydroxylation sites is 1. The van der Waals surface area contributed by atoms with E-state index in [1.54, 1.807) is 7.11 Å². The van der Waals surface area contributed by atoms with E-state index in [0.717, 1.165) is 31.0 Å². The number of nitrogens with zero attached hydrogens (tertiary/aromatic N) is 1. The number of anilines is 1. The summed E-state index contributed by atoms with van der Waals surface area (Å²) in [5, 5.41) is 3.65. The average molecular weight is 300 g/mol. The van der Waals surface area contributed by atoms with Gasteiger partial charge in [-0.25, -0.2) is 0 Å². The van der Waals surface area contributed by atoms with Gasteiger partial charge in [-0.1, -0.05) is 18.2 Å². The number of nitrogens with one attached hydrogen (secondary N) is 1. The SMILES string of the molecule is COCc1ccc(CNC2CCCN(C)c3ccccc32)o1. The van der Waals surface area contributed by atoms with Crippen molar-refractivity contribution in [3.63, 3.8) is 0 Å². The topological polar surface area (TPSA) is 37.6 Å². The Morgan fingerprint density at radius 1 is 1.23 bits per heavy atom. The van der Waals surface area contributed by atoms with Gasteiger partial charge < -0.3 is 19.4 Å². The van der Waals surface area contributed by atoms with Crippen LogP contribution in [-0.2, 0) is 17.9 Å². The van der Waals surface area contributed by atoms with Crippen molar-refractivity contribution < 1.29 is 9.15 Å². The van der Waals surface area contributed by atoms with E-state index in [-0.39, 0.29) is 0 Å². The summed E-state index contributed by atoms with van der Waals surface area (Å²) in [5.41, 5.74) is 2.71. The van der Waals surface area contributed by atoms with Crippen molar-refractivity contribution in [3.8, 4) is 0 Å². The highest BCUT2D eigenvalue weighted by molar-refractivity contribution is 5.55. The first kappa shape index (κ1) is 15.1. The second kappa shape index (κ2) is 6.99. The van der Waals surface area contributed by atoms with Crippen LogP contribution in [0.1, 0.15) is 36.0 Å². The van der Waals surface area contributed by atoms with Crippen LogP contribution < -0.4 is 10.2 Å². The molecule has 3 rings (SSSR count). The number of rotatable bonds is 5. The van der Waals surface area contributed by atoms with E-state index in [2.05, 4.69) is 41.5 Å². The monoisotopic (exact) mass is 300 g/mol. The number of fused-ring (bicyclic) bond motifs is 1. The fourth-order valence-corrected chi connectivity index (χ4v) is 3.11. The standard InChI is InChI=1S/C18H24N2O2/c1-20-11-5-7-17(16-6-3-4-8-18(16)20)19-12-14-9-10-15(22-14)13-21-2/h3-4,6,8-10,17,19H,5,7,11-13H2,1-2H3. The summed E-state index contributed by atoms with van der Waals surface area (Å²) in [7, 11) is 3.85. The molecule has 1 aromatic carbocycles. The first-order chi connectivity index (χ1) is 10.8. The molecule has 1 unspecified atom stereocenters. The fourth-order valence-electron chi connectivity index (χ4n) is 3.11. The molecule has 0 aliphatic carbocycles. The maximum Gasteiger partial charge on any atom is 0.129 e. The zero-order valence-electron chi connectivity index (χ0n) is 13.3. The molecule has 0 fully saturated rings. The Morgan fingerprint density at radius 3 is 2.91 bits per heavy atom. The molecule has 1 atom stereocenters. The molecule has 1 aliphatic heterocycles. The van der Waals surface area contributed by atoms with Gasteiger partial charge in [0.1, 0.15) is 18.1 Å². The Kier molecular flexibility index (Phi) is 4.80. The van der Waals surface area contributed by atoms with Crippen molar-refractivity contribution >= 4 is 5.69 Å². The number of hydrogen-bond donors (Lipinski definition) is 1. The summed E-state index contributed by atoms with van der Waals surface area (Å²) in [6.45, 7) is 2.37. The van der Waals surface area contributed by atoms with Crippen LogP contribution in [0.2, 0.25) is 0 Å². The van der Waals surface area contributed by atoms with Crippen molar-refractivity contribution in [1.82, 2.24) is 5.32 Å². The summed E-state index contributed by atoms with van der Waals surface area (Å²) in [5.74, 6) is 1.84. The minimum absolute atomic E-state index is 0.372. The van der Waals surface area contributed by atoms with Crippen LogP contribution in [-0.4, -0.2) is 20.7 Å². The quantitative estimate of drug-likeness (QED) is 0.917. The Bertz CT molecular complexity index is 609. The lowest BCUT2D eigenvalue weighted by Crippen LogP contribution is -2.21. The lowest BCUT2D eigenvalue weighted by atomic mass is 10.0. The molecule has 2 heterocycles. The fraction of sp³-hybridized carbons (Fsp3) is 0.444. The van der Waals surface area contributed by atoms with E-state index < -0.39 is 0 Å². The predicted molar refractivity (Wildman–Crippen MR) is 87.9 cm³/mol. The van der Waals surface area contributed by atoms with Crippen molar-refractivity contribution in [2.45, 2.75) is 32.0 Å². The van der Waals surface area contributed by atoms with Crippen molar-refractivity contribution in [2.24, 2.45) is 0 Å². The molecule has 0 amide bonds. The lowest BCUT2D eigenvalue weighted by Gasteiger charge is -2.22. The summed E-state index contributed by atoms with van der Waals surface area (Å²) in [6.07, 6.45) is 2.34. The molecule has 1 N–H and O–H groups in total. The van der Waals surface area contributed by atoms with E-state index in [0.29, 0.717) is 12.6 Å². The Morgan fingerprint density at radius 2 is 2.05 bits per heavy atom. The average Bonchev–Trinajstić information content (AvgIpc) is 2.91. The minimum Gasteiger partial charge on any atom is -0.462 e. The van der Waals surface area contributed by atoms with Gasteiger partial charge in [0, 0.05) is 32.4 Å². The number of methoxy groups -OCH3 is 1. The maximum absolute atomic E-state index is 5.76. The van der Waals surface area contributed by atoms with Crippen LogP contribution in [0.15, 0.2) is 40.8 Å². The zero-order valence-corrected chi connectivity index (χ0v) is 13.3. The Labute approximate surface area is 132 Å². The van der Waals surface area contributed by atoms with Crippen LogP contribution in [0.25, 0.3) is 0 Å². The van der Waals surface area contributed by atoms with Gasteiger partial charge in [-0.2, -0.15) is 0 Å². The third-order valence-corrected chi connectivity index (χ3v) is 4.24. The highest BCUT2D eigenvalue weighted by Gasteiger charge is 2.20. The lowest BCUT2D eigenvalue weighted by molar-refractivity contribution is 0.162. The Hall–Kier alpha value is -1.78. The van der Waals surface area contributed by atoms with Crippen LogP contribution in [0.4, 0.5) is 5.69 Å². The second-order valence-electron chi connectivity index (χ2n) is 5.86. The zero-order chi connectivity index (χ0) is 15.4.